The topological polar surface area (TPSA) is 101 Å². The first-order valence-electron chi connectivity index (χ1n) is 11.2. The van der Waals surface area contributed by atoms with E-state index in [1.54, 1.807) is 12.1 Å². The quantitative estimate of drug-likeness (QED) is 0.533. The highest BCUT2D eigenvalue weighted by molar-refractivity contribution is 7.89. The van der Waals surface area contributed by atoms with Crippen LogP contribution in [0, 0.1) is 17.1 Å². The zero-order valence-corrected chi connectivity index (χ0v) is 19.4. The van der Waals surface area contributed by atoms with Crippen LogP contribution >= 0.6 is 0 Å². The number of benzene rings is 2. The molecule has 0 aliphatic carbocycles. The van der Waals surface area contributed by atoms with E-state index < -0.39 is 10.0 Å². The lowest BCUT2D eigenvalue weighted by molar-refractivity contribution is -0.139. The lowest BCUT2D eigenvalue weighted by atomic mass is 10.1. The maximum atomic E-state index is 13.7. The third-order valence-electron chi connectivity index (χ3n) is 6.37. The largest absolute Gasteiger partial charge is 0.370 e. The van der Waals surface area contributed by atoms with Crippen LogP contribution in [0.3, 0.4) is 0 Å². The van der Waals surface area contributed by atoms with Gasteiger partial charge in [0.15, 0.2) is 0 Å². The van der Waals surface area contributed by atoms with E-state index in [-0.39, 0.29) is 22.9 Å². The monoisotopic (exact) mass is 483 g/mol. The van der Waals surface area contributed by atoms with Gasteiger partial charge in [0.05, 0.1) is 28.7 Å². The number of aromatic nitrogens is 1. The van der Waals surface area contributed by atoms with Gasteiger partial charge >= 0.3 is 0 Å². The number of halogens is 1. The number of morpholine rings is 2. The summed E-state index contributed by atoms with van der Waals surface area (Å²) in [6, 6.07) is 12.6. The van der Waals surface area contributed by atoms with Crippen molar-refractivity contribution in [2.75, 3.05) is 39.3 Å². The summed E-state index contributed by atoms with van der Waals surface area (Å²) in [7, 11) is -3.62. The van der Waals surface area contributed by atoms with E-state index in [9.17, 15) is 12.8 Å². The number of ether oxygens (including phenoxy) is 1. The molecule has 2 unspecified atom stereocenters. The molecular weight excluding hydrogens is 457 g/mol. The average Bonchev–Trinajstić information content (AvgIpc) is 3.20. The zero-order valence-electron chi connectivity index (χ0n) is 18.6. The number of rotatable bonds is 7. The predicted octanol–water partition coefficient (Wildman–Crippen LogP) is 2.04. The Labute approximate surface area is 198 Å². The minimum atomic E-state index is -3.62. The lowest BCUT2D eigenvalue weighted by Gasteiger charge is -2.45. The van der Waals surface area contributed by atoms with E-state index in [4.69, 9.17) is 10.00 Å². The van der Waals surface area contributed by atoms with E-state index in [2.05, 4.69) is 19.5 Å². The second-order valence-electron chi connectivity index (χ2n) is 8.87. The normalized spacial score (nSPS) is 21.5. The predicted molar refractivity (Wildman–Crippen MR) is 125 cm³/mol. The van der Waals surface area contributed by atoms with E-state index >= 15 is 0 Å². The van der Waals surface area contributed by atoms with Crippen LogP contribution in [0.2, 0.25) is 0 Å². The van der Waals surface area contributed by atoms with Crippen molar-refractivity contribution >= 4 is 20.9 Å². The molecule has 2 aliphatic rings. The van der Waals surface area contributed by atoms with Gasteiger partial charge in [-0.15, -0.1) is 0 Å². The average molecular weight is 484 g/mol. The van der Waals surface area contributed by atoms with Gasteiger partial charge in [0, 0.05) is 62.9 Å². The van der Waals surface area contributed by atoms with Crippen molar-refractivity contribution in [2.45, 2.75) is 23.6 Å². The Morgan fingerprint density at radius 3 is 2.50 bits per heavy atom. The van der Waals surface area contributed by atoms with E-state index in [1.165, 1.54) is 30.3 Å². The molecule has 2 saturated heterocycles. The molecule has 2 N–H and O–H groups in total. The first kappa shape index (κ1) is 23.0. The van der Waals surface area contributed by atoms with Crippen molar-refractivity contribution in [3.63, 3.8) is 0 Å². The molecule has 10 heteroatoms. The third-order valence-corrected chi connectivity index (χ3v) is 7.85. The molecule has 0 amide bonds. The van der Waals surface area contributed by atoms with E-state index in [0.717, 1.165) is 49.2 Å². The molecule has 2 fully saturated rings. The molecule has 3 aromatic rings. The maximum absolute atomic E-state index is 13.7. The summed E-state index contributed by atoms with van der Waals surface area (Å²) in [5.74, 6) is -0.238. The van der Waals surface area contributed by atoms with Gasteiger partial charge in [0.1, 0.15) is 5.82 Å². The van der Waals surface area contributed by atoms with Crippen molar-refractivity contribution in [1.29, 1.82) is 5.26 Å². The second kappa shape index (κ2) is 9.44. The van der Waals surface area contributed by atoms with Crippen molar-refractivity contribution < 1.29 is 17.5 Å². The number of nitriles is 1. The highest BCUT2D eigenvalue weighted by Gasteiger charge is 2.35. The Morgan fingerprint density at radius 2 is 1.79 bits per heavy atom. The minimum Gasteiger partial charge on any atom is -0.370 e. The van der Waals surface area contributed by atoms with Crippen LogP contribution in [0.15, 0.2) is 53.6 Å². The van der Waals surface area contributed by atoms with Crippen LogP contribution in [0.25, 0.3) is 10.9 Å². The first-order chi connectivity index (χ1) is 16.4. The number of sulfonamides is 1. The van der Waals surface area contributed by atoms with Crippen LogP contribution < -0.4 is 4.72 Å². The molecule has 0 spiro atoms. The fourth-order valence-electron chi connectivity index (χ4n) is 4.82. The number of fused-ring (bicyclic) bond motifs is 3. The van der Waals surface area contributed by atoms with E-state index in [0.29, 0.717) is 18.7 Å². The summed E-state index contributed by atoms with van der Waals surface area (Å²) in [4.78, 5) is 7.94. The van der Waals surface area contributed by atoms with Gasteiger partial charge in [-0.2, -0.15) is 5.26 Å². The number of hydrogen-bond acceptors (Lipinski definition) is 6. The number of H-pyrrole nitrogens is 1. The molecule has 2 bridgehead atoms. The Morgan fingerprint density at radius 1 is 1.09 bits per heavy atom. The molecule has 1 aromatic heterocycles. The fourth-order valence-corrected chi connectivity index (χ4v) is 5.85. The van der Waals surface area contributed by atoms with Crippen molar-refractivity contribution in [3.8, 4) is 6.07 Å². The van der Waals surface area contributed by atoms with Gasteiger partial charge in [0.2, 0.25) is 10.0 Å². The Kier molecular flexibility index (Phi) is 6.38. The molecule has 0 saturated carbocycles. The van der Waals surface area contributed by atoms with Crippen LogP contribution in [-0.4, -0.2) is 74.7 Å². The Bertz CT molecular complexity index is 1300. The van der Waals surface area contributed by atoms with Gasteiger partial charge in [-0.25, -0.2) is 17.5 Å². The number of aromatic amines is 1. The third kappa shape index (κ3) is 4.99. The molecule has 2 atom stereocenters. The first-order valence-corrected chi connectivity index (χ1v) is 12.7. The van der Waals surface area contributed by atoms with Gasteiger partial charge in [-0.1, -0.05) is 0 Å². The Balaban J connectivity index is 1.14. The van der Waals surface area contributed by atoms with Crippen molar-refractivity contribution in [1.82, 2.24) is 19.5 Å². The zero-order chi connectivity index (χ0) is 23.7. The van der Waals surface area contributed by atoms with Crippen molar-refractivity contribution in [2.24, 2.45) is 0 Å². The Hall–Kier alpha value is -2.81. The molecule has 178 valence electrons. The molecule has 8 nitrogen and oxygen atoms in total. The highest BCUT2D eigenvalue weighted by atomic mass is 32.2. The molecule has 2 aliphatic heterocycles. The van der Waals surface area contributed by atoms with Crippen LogP contribution in [0.1, 0.15) is 11.1 Å². The number of nitrogens with zero attached hydrogens (tertiary/aromatic N) is 3. The molecule has 2 aromatic carbocycles. The van der Waals surface area contributed by atoms with Gasteiger partial charge < -0.3 is 9.72 Å². The molecular formula is C24H26FN5O3S. The van der Waals surface area contributed by atoms with Crippen LogP contribution in [0.4, 0.5) is 4.39 Å². The molecule has 34 heavy (non-hydrogen) atoms. The number of hydrogen-bond donors (Lipinski definition) is 2. The highest BCUT2D eigenvalue weighted by Crippen LogP contribution is 2.24. The smallest absolute Gasteiger partial charge is 0.240 e. The lowest BCUT2D eigenvalue weighted by Crippen LogP contribution is -2.59. The molecule has 0 radical (unpaired) electrons. The number of nitrogens with one attached hydrogen (secondary N) is 2. The molecule has 5 rings (SSSR count). The fraction of sp³-hybridized carbons (Fsp3) is 0.375. The molecule has 3 heterocycles. The van der Waals surface area contributed by atoms with Gasteiger partial charge in [0.25, 0.3) is 0 Å². The van der Waals surface area contributed by atoms with Crippen LogP contribution in [0.5, 0.6) is 0 Å². The van der Waals surface area contributed by atoms with Gasteiger partial charge in [-0.05, 0) is 48.0 Å². The van der Waals surface area contributed by atoms with Gasteiger partial charge in [-0.3, -0.25) is 9.80 Å². The second-order valence-corrected chi connectivity index (χ2v) is 10.6. The van der Waals surface area contributed by atoms with Crippen molar-refractivity contribution in [3.05, 3.63) is 65.6 Å². The minimum absolute atomic E-state index is 0.0459. The van der Waals surface area contributed by atoms with E-state index in [1.807, 2.05) is 12.3 Å². The summed E-state index contributed by atoms with van der Waals surface area (Å²) in [6.07, 6.45) is 2.04. The summed E-state index contributed by atoms with van der Waals surface area (Å²) < 4.78 is 47.5. The SMILES string of the molecule is N#Cc1ccc(S(=O)(=O)NCCN2CC3CN(Cc4c[nH]c5ccc(F)cc45)CC(C2)O3)cc1. The summed E-state index contributed by atoms with van der Waals surface area (Å²) >= 11 is 0. The summed E-state index contributed by atoms with van der Waals surface area (Å²) in [5.41, 5.74) is 2.42. The summed E-state index contributed by atoms with van der Waals surface area (Å²) in [6.45, 7) is 4.62. The maximum Gasteiger partial charge on any atom is 0.240 e. The standard InChI is InChI=1S/C24H26FN5O3S/c25-19-3-6-24-23(9-19)18(11-27-24)12-30-15-20-13-29(14-21(16-30)33-20)8-7-28-34(31,32)22-4-1-17(10-26)2-5-22/h1-6,9,11,20-21,27-28H,7-8,12-16H2. The summed E-state index contributed by atoms with van der Waals surface area (Å²) in [5, 5.41) is 9.78. The van der Waals surface area contributed by atoms with Crippen LogP contribution in [-0.2, 0) is 21.3 Å².